The molecule has 6 nitrogen and oxygen atoms in total. The Kier molecular flexibility index (Phi) is 6.56. The van der Waals surface area contributed by atoms with Crippen LogP contribution >= 0.6 is 27.7 Å². The quantitative estimate of drug-likeness (QED) is 0.420. The molecule has 150 valence electrons. The van der Waals surface area contributed by atoms with E-state index in [2.05, 4.69) is 36.3 Å². The number of aromatic nitrogens is 4. The molecule has 2 aromatic heterocycles. The van der Waals surface area contributed by atoms with Gasteiger partial charge in [-0.3, -0.25) is 4.79 Å². The number of pyridine rings is 1. The van der Waals surface area contributed by atoms with Crippen LogP contribution in [-0.2, 0) is 13.1 Å². The van der Waals surface area contributed by atoms with Crippen LogP contribution < -0.4 is 5.32 Å². The third-order valence-corrected chi connectivity index (χ3v) is 5.83. The molecule has 1 amide bonds. The lowest BCUT2D eigenvalue weighted by Gasteiger charge is -2.10. The van der Waals surface area contributed by atoms with Crippen molar-refractivity contribution in [2.45, 2.75) is 23.0 Å². The maximum Gasteiger partial charge on any atom is 0.252 e. The van der Waals surface area contributed by atoms with Gasteiger partial charge in [0.1, 0.15) is 17.7 Å². The zero-order valence-corrected chi connectivity index (χ0v) is 18.3. The van der Waals surface area contributed by atoms with E-state index in [-0.39, 0.29) is 5.91 Å². The molecule has 0 fully saturated rings. The minimum absolute atomic E-state index is 0.109. The van der Waals surface area contributed by atoms with Crippen LogP contribution in [0.15, 0.2) is 93.9 Å². The van der Waals surface area contributed by atoms with Gasteiger partial charge in [0.05, 0.1) is 12.1 Å². The first-order valence-electron chi connectivity index (χ1n) is 9.24. The molecular formula is C22H18BrN5OS. The van der Waals surface area contributed by atoms with Gasteiger partial charge >= 0.3 is 0 Å². The van der Waals surface area contributed by atoms with Crippen molar-refractivity contribution in [3.8, 4) is 0 Å². The van der Waals surface area contributed by atoms with Gasteiger partial charge < -0.3 is 5.32 Å². The smallest absolute Gasteiger partial charge is 0.252 e. The van der Waals surface area contributed by atoms with Crippen molar-refractivity contribution in [3.63, 3.8) is 0 Å². The minimum Gasteiger partial charge on any atom is -0.348 e. The summed E-state index contributed by atoms with van der Waals surface area (Å²) < 4.78 is 2.69. The van der Waals surface area contributed by atoms with Gasteiger partial charge in [-0.05, 0) is 51.3 Å². The van der Waals surface area contributed by atoms with Gasteiger partial charge in [0.2, 0.25) is 0 Å². The second-order valence-corrected chi connectivity index (χ2v) is 8.48. The fourth-order valence-electron chi connectivity index (χ4n) is 2.82. The van der Waals surface area contributed by atoms with Gasteiger partial charge in [-0.1, -0.05) is 48.2 Å². The van der Waals surface area contributed by atoms with Crippen LogP contribution in [-0.4, -0.2) is 25.7 Å². The van der Waals surface area contributed by atoms with Crippen LogP contribution in [0.1, 0.15) is 21.5 Å². The largest absolute Gasteiger partial charge is 0.348 e. The van der Waals surface area contributed by atoms with Gasteiger partial charge in [-0.25, -0.2) is 14.6 Å². The molecule has 30 heavy (non-hydrogen) atoms. The first kappa shape index (κ1) is 20.3. The summed E-state index contributed by atoms with van der Waals surface area (Å²) in [6, 6.07) is 19.5. The Bertz CT molecular complexity index is 1120. The molecule has 0 atom stereocenters. The van der Waals surface area contributed by atoms with Crippen molar-refractivity contribution < 1.29 is 4.79 Å². The first-order chi connectivity index (χ1) is 14.7. The maximum absolute atomic E-state index is 12.8. The highest BCUT2D eigenvalue weighted by Gasteiger charge is 2.12. The number of carbonyl (C=O) groups excluding carboxylic acids is 1. The van der Waals surface area contributed by atoms with E-state index in [1.54, 1.807) is 17.2 Å². The lowest BCUT2D eigenvalue weighted by atomic mass is 10.1. The number of halogens is 1. The SMILES string of the molecule is O=C(NCc1ccc(Cn2cncn2)cc1)c1ccccc1Sc1ccc(Br)cn1. The van der Waals surface area contributed by atoms with E-state index in [0.29, 0.717) is 18.7 Å². The second kappa shape index (κ2) is 9.69. The molecule has 4 rings (SSSR count). The van der Waals surface area contributed by atoms with Crippen molar-refractivity contribution in [2.75, 3.05) is 0 Å². The molecule has 0 bridgehead atoms. The van der Waals surface area contributed by atoms with Crippen molar-refractivity contribution in [2.24, 2.45) is 0 Å². The number of benzene rings is 2. The van der Waals surface area contributed by atoms with Crippen LogP contribution in [0.3, 0.4) is 0 Å². The summed E-state index contributed by atoms with van der Waals surface area (Å²) in [6.07, 6.45) is 4.96. The fraction of sp³-hybridized carbons (Fsp3) is 0.0909. The summed E-state index contributed by atoms with van der Waals surface area (Å²) in [5, 5.41) is 7.95. The number of rotatable bonds is 7. The number of nitrogens with zero attached hydrogens (tertiary/aromatic N) is 4. The molecule has 2 heterocycles. The zero-order chi connectivity index (χ0) is 20.8. The highest BCUT2D eigenvalue weighted by atomic mass is 79.9. The lowest BCUT2D eigenvalue weighted by Crippen LogP contribution is -2.23. The second-order valence-electron chi connectivity index (χ2n) is 6.51. The van der Waals surface area contributed by atoms with E-state index < -0.39 is 0 Å². The Morgan fingerprint density at radius 2 is 1.83 bits per heavy atom. The standard InChI is InChI=1S/C22H18BrN5OS/c23-18-9-10-21(25-12-18)30-20-4-2-1-3-19(20)22(29)26-11-16-5-7-17(8-6-16)13-28-15-24-14-27-28/h1-10,12,14-15H,11,13H2,(H,26,29). The Balaban J connectivity index is 1.38. The average molecular weight is 480 g/mol. The van der Waals surface area contributed by atoms with E-state index in [9.17, 15) is 4.79 Å². The number of hydrogen-bond donors (Lipinski definition) is 1. The normalized spacial score (nSPS) is 10.7. The van der Waals surface area contributed by atoms with Gasteiger partial charge in [0.15, 0.2) is 0 Å². The average Bonchev–Trinajstić information content (AvgIpc) is 3.28. The molecule has 0 aliphatic rings. The molecule has 0 aliphatic carbocycles. The Morgan fingerprint density at radius 1 is 1.03 bits per heavy atom. The minimum atomic E-state index is -0.109. The molecule has 0 unspecified atom stereocenters. The zero-order valence-electron chi connectivity index (χ0n) is 15.9. The van der Waals surface area contributed by atoms with Crippen molar-refractivity contribution in [1.82, 2.24) is 25.1 Å². The molecule has 0 spiro atoms. The predicted octanol–water partition coefficient (Wildman–Crippen LogP) is 4.57. The van der Waals surface area contributed by atoms with Gasteiger partial charge in [-0.2, -0.15) is 5.10 Å². The number of carbonyl (C=O) groups is 1. The maximum atomic E-state index is 12.8. The van der Waals surface area contributed by atoms with Crippen molar-refractivity contribution >= 4 is 33.6 Å². The van der Waals surface area contributed by atoms with Crippen LogP contribution in [0, 0.1) is 0 Å². The monoisotopic (exact) mass is 479 g/mol. The molecule has 0 radical (unpaired) electrons. The van der Waals surface area contributed by atoms with Gasteiger partial charge in [0.25, 0.3) is 5.91 Å². The summed E-state index contributed by atoms with van der Waals surface area (Å²) in [5.41, 5.74) is 2.79. The molecular weight excluding hydrogens is 462 g/mol. The molecule has 4 aromatic rings. The van der Waals surface area contributed by atoms with Crippen LogP contribution in [0.25, 0.3) is 0 Å². The Labute approximate surface area is 186 Å². The van der Waals surface area contributed by atoms with E-state index in [0.717, 1.165) is 25.5 Å². The molecule has 0 aliphatic heterocycles. The lowest BCUT2D eigenvalue weighted by molar-refractivity contribution is 0.0948. The third kappa shape index (κ3) is 5.34. The molecule has 1 N–H and O–H groups in total. The van der Waals surface area contributed by atoms with E-state index in [4.69, 9.17) is 0 Å². The van der Waals surface area contributed by atoms with Gasteiger partial charge in [0, 0.05) is 22.1 Å². The molecule has 0 saturated heterocycles. The van der Waals surface area contributed by atoms with Crippen LogP contribution in [0.4, 0.5) is 0 Å². The summed E-state index contributed by atoms with van der Waals surface area (Å²) in [7, 11) is 0. The van der Waals surface area contributed by atoms with Crippen molar-refractivity contribution in [1.29, 1.82) is 0 Å². The highest BCUT2D eigenvalue weighted by Crippen LogP contribution is 2.29. The van der Waals surface area contributed by atoms with E-state index in [1.807, 2.05) is 60.7 Å². The summed E-state index contributed by atoms with van der Waals surface area (Å²) in [4.78, 5) is 22.0. The fourth-order valence-corrected chi connectivity index (χ4v) is 3.94. The number of nitrogens with one attached hydrogen (secondary N) is 1. The van der Waals surface area contributed by atoms with Crippen LogP contribution in [0.5, 0.6) is 0 Å². The summed E-state index contributed by atoms with van der Waals surface area (Å²) in [6.45, 7) is 1.12. The van der Waals surface area contributed by atoms with E-state index >= 15 is 0 Å². The number of hydrogen-bond acceptors (Lipinski definition) is 5. The first-order valence-corrected chi connectivity index (χ1v) is 10.9. The van der Waals surface area contributed by atoms with Crippen molar-refractivity contribution in [3.05, 3.63) is 101 Å². The summed E-state index contributed by atoms with van der Waals surface area (Å²) >= 11 is 4.86. The number of amides is 1. The predicted molar refractivity (Wildman–Crippen MR) is 119 cm³/mol. The molecule has 2 aromatic carbocycles. The topological polar surface area (TPSA) is 72.7 Å². The highest BCUT2D eigenvalue weighted by molar-refractivity contribution is 9.10. The molecule has 8 heteroatoms. The Hall–Kier alpha value is -2.97. The third-order valence-electron chi connectivity index (χ3n) is 4.33. The summed E-state index contributed by atoms with van der Waals surface area (Å²) in [5.74, 6) is -0.109. The molecule has 0 saturated carbocycles. The van der Waals surface area contributed by atoms with E-state index in [1.165, 1.54) is 18.1 Å². The van der Waals surface area contributed by atoms with Crippen LogP contribution in [0.2, 0.25) is 0 Å². The Morgan fingerprint density at radius 3 is 2.57 bits per heavy atom. The van der Waals surface area contributed by atoms with Gasteiger partial charge in [-0.15, -0.1) is 0 Å².